The first-order valence-electron chi connectivity index (χ1n) is 8.91. The fourth-order valence-corrected chi connectivity index (χ4v) is 5.22. The Bertz CT molecular complexity index is 1110. The zero-order valence-corrected chi connectivity index (χ0v) is 17.4. The first kappa shape index (κ1) is 18.9. The molecule has 0 aliphatic heterocycles. The molecule has 146 valence electrons. The van der Waals surface area contributed by atoms with Gasteiger partial charge in [0.05, 0.1) is 16.2 Å². The summed E-state index contributed by atoms with van der Waals surface area (Å²) in [5.41, 5.74) is 2.08. The molecule has 2 N–H and O–H groups in total. The van der Waals surface area contributed by atoms with Crippen molar-refractivity contribution < 1.29 is 14.3 Å². The number of oxazole rings is 1. The molecule has 0 radical (unpaired) electrons. The molecule has 4 aromatic rings. The molecule has 7 nitrogen and oxygen atoms in total. The van der Waals surface area contributed by atoms with Crippen LogP contribution in [0.15, 0.2) is 28.7 Å². The van der Waals surface area contributed by atoms with Gasteiger partial charge in [-0.3, -0.25) is 4.79 Å². The number of amides is 1. The Labute approximate surface area is 169 Å². The highest BCUT2D eigenvalue weighted by Gasteiger charge is 2.19. The molecule has 4 rings (SSSR count). The van der Waals surface area contributed by atoms with Crippen LogP contribution in [0.1, 0.15) is 29.4 Å². The van der Waals surface area contributed by atoms with Gasteiger partial charge in [-0.15, -0.1) is 11.3 Å². The Hall–Kier alpha value is -2.49. The predicted molar refractivity (Wildman–Crippen MR) is 114 cm³/mol. The molecular weight excluding hydrogens is 396 g/mol. The summed E-state index contributed by atoms with van der Waals surface area (Å²) in [7, 11) is 0. The summed E-state index contributed by atoms with van der Waals surface area (Å²) < 4.78 is 6.43. The minimum absolute atomic E-state index is 0.0778. The van der Waals surface area contributed by atoms with Gasteiger partial charge >= 0.3 is 0 Å². The van der Waals surface area contributed by atoms with E-state index in [2.05, 4.69) is 34.0 Å². The lowest BCUT2D eigenvalue weighted by Gasteiger charge is -2.24. The van der Waals surface area contributed by atoms with Gasteiger partial charge in [-0.1, -0.05) is 11.3 Å². The van der Waals surface area contributed by atoms with E-state index in [1.54, 1.807) is 25.1 Å². The van der Waals surface area contributed by atoms with Crippen LogP contribution in [0, 0.1) is 6.92 Å². The molecule has 3 aromatic heterocycles. The summed E-state index contributed by atoms with van der Waals surface area (Å²) in [5.74, 6) is 0.419. The molecule has 0 aliphatic rings. The standard InChI is InChI=1S/C19H20N4O3S2/c1-10(2)23(6-7-24)19-22-18-16(28-19)9-15(27-18)17(25)21-12-4-5-14-13(8-12)20-11(3)26-14/h4-5,8-10,24H,6-7H2,1-3H3,(H,21,25). The lowest BCUT2D eigenvalue weighted by molar-refractivity contribution is 0.103. The second kappa shape index (κ2) is 7.50. The van der Waals surface area contributed by atoms with E-state index in [1.807, 2.05) is 6.07 Å². The van der Waals surface area contributed by atoms with Crippen molar-refractivity contribution in [3.8, 4) is 0 Å². The van der Waals surface area contributed by atoms with Gasteiger partial charge in [0.15, 0.2) is 16.6 Å². The fraction of sp³-hybridized carbons (Fsp3) is 0.316. The van der Waals surface area contributed by atoms with Gasteiger partial charge in [-0.2, -0.15) is 0 Å². The third-order valence-electron chi connectivity index (χ3n) is 4.26. The Morgan fingerprint density at radius 3 is 2.82 bits per heavy atom. The molecule has 3 heterocycles. The fourth-order valence-electron chi connectivity index (χ4n) is 2.95. The molecule has 1 amide bonds. The molecule has 0 spiro atoms. The van der Waals surface area contributed by atoms with Crippen molar-refractivity contribution in [2.75, 3.05) is 23.4 Å². The number of carbonyl (C=O) groups is 1. The number of benzene rings is 1. The van der Waals surface area contributed by atoms with Gasteiger partial charge in [0, 0.05) is 25.2 Å². The number of nitrogens with zero attached hydrogens (tertiary/aromatic N) is 3. The van der Waals surface area contributed by atoms with Gasteiger partial charge < -0.3 is 19.7 Å². The number of aryl methyl sites for hydroxylation is 1. The minimum atomic E-state index is -0.174. The van der Waals surface area contributed by atoms with E-state index >= 15 is 0 Å². The number of aromatic nitrogens is 2. The lowest BCUT2D eigenvalue weighted by atomic mass is 10.3. The summed E-state index contributed by atoms with van der Waals surface area (Å²) in [6.07, 6.45) is 0. The quantitative estimate of drug-likeness (QED) is 0.488. The van der Waals surface area contributed by atoms with Crippen LogP contribution in [0.3, 0.4) is 0 Å². The van der Waals surface area contributed by atoms with E-state index in [4.69, 9.17) is 4.42 Å². The average Bonchev–Trinajstić information content (AvgIpc) is 3.30. The zero-order chi connectivity index (χ0) is 19.8. The first-order chi connectivity index (χ1) is 13.4. The highest BCUT2D eigenvalue weighted by molar-refractivity contribution is 7.29. The van der Waals surface area contributed by atoms with Crippen molar-refractivity contribution in [2.24, 2.45) is 0 Å². The van der Waals surface area contributed by atoms with E-state index in [0.717, 1.165) is 14.7 Å². The predicted octanol–water partition coefficient (Wildman–Crippen LogP) is 4.27. The third kappa shape index (κ3) is 3.60. The van der Waals surface area contributed by atoms with Crippen LogP contribution in [-0.2, 0) is 0 Å². The number of anilines is 2. The van der Waals surface area contributed by atoms with E-state index < -0.39 is 0 Å². The van der Waals surface area contributed by atoms with Crippen LogP contribution in [0.25, 0.3) is 20.6 Å². The average molecular weight is 417 g/mol. The molecule has 0 aliphatic carbocycles. The summed E-state index contributed by atoms with van der Waals surface area (Å²) in [6.45, 7) is 6.54. The third-order valence-corrected chi connectivity index (χ3v) is 6.46. The number of nitrogens with one attached hydrogen (secondary N) is 1. The Morgan fingerprint density at radius 1 is 1.29 bits per heavy atom. The van der Waals surface area contributed by atoms with Crippen LogP contribution >= 0.6 is 22.7 Å². The van der Waals surface area contributed by atoms with Crippen molar-refractivity contribution in [1.29, 1.82) is 0 Å². The van der Waals surface area contributed by atoms with Crippen molar-refractivity contribution in [3.05, 3.63) is 35.0 Å². The van der Waals surface area contributed by atoms with Gasteiger partial charge in [-0.05, 0) is 38.1 Å². The summed E-state index contributed by atoms with van der Waals surface area (Å²) in [4.78, 5) is 25.1. The minimum Gasteiger partial charge on any atom is -0.441 e. The first-order valence-corrected chi connectivity index (χ1v) is 10.5. The number of aliphatic hydroxyl groups excluding tert-OH is 1. The smallest absolute Gasteiger partial charge is 0.265 e. The summed E-state index contributed by atoms with van der Waals surface area (Å²) in [5, 5.41) is 13.0. The van der Waals surface area contributed by atoms with Gasteiger partial charge in [-0.25, -0.2) is 9.97 Å². The van der Waals surface area contributed by atoms with Crippen LogP contribution in [0.4, 0.5) is 10.8 Å². The van der Waals surface area contributed by atoms with Crippen LogP contribution in [-0.4, -0.2) is 40.2 Å². The summed E-state index contributed by atoms with van der Waals surface area (Å²) >= 11 is 2.90. The van der Waals surface area contributed by atoms with Crippen molar-refractivity contribution in [3.63, 3.8) is 0 Å². The number of thiazole rings is 1. The second-order valence-electron chi connectivity index (χ2n) is 6.66. The van der Waals surface area contributed by atoms with Crippen molar-refractivity contribution >= 4 is 60.0 Å². The van der Waals surface area contributed by atoms with Crippen LogP contribution < -0.4 is 10.2 Å². The van der Waals surface area contributed by atoms with Crippen molar-refractivity contribution in [1.82, 2.24) is 9.97 Å². The maximum atomic E-state index is 12.6. The molecule has 0 bridgehead atoms. The largest absolute Gasteiger partial charge is 0.441 e. The van der Waals surface area contributed by atoms with Crippen LogP contribution in [0.5, 0.6) is 0 Å². The van der Waals surface area contributed by atoms with Crippen molar-refractivity contribution in [2.45, 2.75) is 26.8 Å². The normalized spacial score (nSPS) is 11.6. The Kier molecular flexibility index (Phi) is 5.05. The number of thiophene rings is 1. The Balaban J connectivity index is 1.54. The highest BCUT2D eigenvalue weighted by Crippen LogP contribution is 2.35. The summed E-state index contributed by atoms with van der Waals surface area (Å²) in [6, 6.07) is 7.50. The molecule has 9 heteroatoms. The second-order valence-corrected chi connectivity index (χ2v) is 8.70. The zero-order valence-electron chi connectivity index (χ0n) is 15.7. The number of carbonyl (C=O) groups excluding carboxylic acids is 1. The lowest BCUT2D eigenvalue weighted by Crippen LogP contribution is -2.33. The van der Waals surface area contributed by atoms with E-state index in [-0.39, 0.29) is 18.6 Å². The highest BCUT2D eigenvalue weighted by atomic mass is 32.1. The van der Waals surface area contributed by atoms with Gasteiger partial charge in [0.25, 0.3) is 5.91 Å². The van der Waals surface area contributed by atoms with Gasteiger partial charge in [0.1, 0.15) is 10.3 Å². The number of hydrogen-bond acceptors (Lipinski definition) is 8. The number of aliphatic hydroxyl groups is 1. The van der Waals surface area contributed by atoms with Crippen LogP contribution in [0.2, 0.25) is 0 Å². The van der Waals surface area contributed by atoms with E-state index in [9.17, 15) is 9.90 Å². The number of rotatable bonds is 6. The molecule has 0 fully saturated rings. The maximum absolute atomic E-state index is 12.6. The molecular formula is C19H20N4O3S2. The number of fused-ring (bicyclic) bond motifs is 2. The van der Waals surface area contributed by atoms with E-state index in [1.165, 1.54) is 22.7 Å². The maximum Gasteiger partial charge on any atom is 0.265 e. The molecule has 0 unspecified atom stereocenters. The molecule has 1 aromatic carbocycles. The van der Waals surface area contributed by atoms with Gasteiger partial charge in [0.2, 0.25) is 0 Å². The monoisotopic (exact) mass is 416 g/mol. The Morgan fingerprint density at radius 2 is 2.11 bits per heavy atom. The number of hydrogen-bond donors (Lipinski definition) is 2. The topological polar surface area (TPSA) is 91.5 Å². The SMILES string of the molecule is Cc1nc2cc(NC(=O)c3cc4sc(N(CCO)C(C)C)nc4s3)ccc2o1. The molecule has 0 atom stereocenters. The molecule has 0 saturated heterocycles. The molecule has 0 saturated carbocycles. The molecule has 28 heavy (non-hydrogen) atoms. The van der Waals surface area contributed by atoms with E-state index in [0.29, 0.717) is 34.1 Å².